The van der Waals surface area contributed by atoms with Crippen molar-refractivity contribution in [3.05, 3.63) is 36.0 Å². The number of para-hydroxylation sites is 1. The van der Waals surface area contributed by atoms with Gasteiger partial charge in [-0.1, -0.05) is 31.0 Å². The fraction of sp³-hybridized carbons (Fsp3) is 0.545. The largest absolute Gasteiger partial charge is 0.361 e. The fourth-order valence-electron chi connectivity index (χ4n) is 4.29. The number of H-pyrrole nitrogens is 1. The van der Waals surface area contributed by atoms with Crippen molar-refractivity contribution in [2.45, 2.75) is 38.5 Å². The molecule has 1 saturated carbocycles. The Morgan fingerprint density at radius 1 is 1.21 bits per heavy atom. The summed E-state index contributed by atoms with van der Waals surface area (Å²) in [7, 11) is 5.48. The summed E-state index contributed by atoms with van der Waals surface area (Å²) in [6, 6.07) is 8.41. The van der Waals surface area contributed by atoms with Crippen molar-refractivity contribution >= 4 is 46.7 Å². The summed E-state index contributed by atoms with van der Waals surface area (Å²) < 4.78 is 0. The molecule has 29 heavy (non-hydrogen) atoms. The van der Waals surface area contributed by atoms with Crippen LogP contribution in [0.1, 0.15) is 37.7 Å². The van der Waals surface area contributed by atoms with E-state index in [9.17, 15) is 4.79 Å². The van der Waals surface area contributed by atoms with Gasteiger partial charge in [-0.25, -0.2) is 0 Å². The molecular formula is C22H34IN5O. The van der Waals surface area contributed by atoms with E-state index in [1.54, 1.807) is 11.9 Å². The molecule has 1 aromatic carbocycles. The fourth-order valence-corrected chi connectivity index (χ4v) is 4.29. The molecule has 3 N–H and O–H groups in total. The second kappa shape index (κ2) is 10.8. The van der Waals surface area contributed by atoms with Gasteiger partial charge in [-0.2, -0.15) is 0 Å². The summed E-state index contributed by atoms with van der Waals surface area (Å²) in [4.78, 5) is 22.1. The van der Waals surface area contributed by atoms with Crippen LogP contribution in [-0.4, -0.2) is 56.0 Å². The van der Waals surface area contributed by atoms with Gasteiger partial charge in [0.15, 0.2) is 5.96 Å². The molecule has 0 bridgehead atoms. The summed E-state index contributed by atoms with van der Waals surface area (Å²) in [5, 5.41) is 8.09. The highest BCUT2D eigenvalue weighted by Gasteiger charge is 2.42. The van der Waals surface area contributed by atoms with E-state index in [2.05, 4.69) is 51.1 Å². The smallest absolute Gasteiger partial charge is 0.230 e. The van der Waals surface area contributed by atoms with Crippen LogP contribution in [0.5, 0.6) is 0 Å². The van der Waals surface area contributed by atoms with E-state index in [-0.39, 0.29) is 35.3 Å². The minimum Gasteiger partial charge on any atom is -0.361 e. The number of aromatic nitrogens is 1. The van der Waals surface area contributed by atoms with E-state index in [1.165, 1.54) is 16.5 Å². The highest BCUT2D eigenvalue weighted by molar-refractivity contribution is 14.0. The average Bonchev–Trinajstić information content (AvgIpc) is 3.35. The summed E-state index contributed by atoms with van der Waals surface area (Å²) in [5.41, 5.74) is 2.25. The van der Waals surface area contributed by atoms with E-state index in [1.807, 2.05) is 14.1 Å². The number of carbonyl (C=O) groups is 1. The van der Waals surface area contributed by atoms with E-state index in [0.29, 0.717) is 6.54 Å². The van der Waals surface area contributed by atoms with Crippen LogP contribution in [-0.2, 0) is 11.2 Å². The van der Waals surface area contributed by atoms with Gasteiger partial charge < -0.3 is 20.5 Å². The van der Waals surface area contributed by atoms with Crippen molar-refractivity contribution in [3.8, 4) is 0 Å². The lowest BCUT2D eigenvalue weighted by Crippen LogP contribution is -2.49. The molecular weight excluding hydrogens is 477 g/mol. The molecule has 3 rings (SSSR count). The molecule has 1 heterocycles. The maximum absolute atomic E-state index is 12.7. The Labute approximate surface area is 190 Å². The Hall–Kier alpha value is -1.77. The highest BCUT2D eigenvalue weighted by Crippen LogP contribution is 2.38. The number of halogens is 1. The van der Waals surface area contributed by atoms with E-state index < -0.39 is 0 Å². The molecule has 1 aliphatic rings. The summed E-state index contributed by atoms with van der Waals surface area (Å²) >= 11 is 0. The van der Waals surface area contributed by atoms with Gasteiger partial charge in [0.25, 0.3) is 0 Å². The van der Waals surface area contributed by atoms with Crippen LogP contribution < -0.4 is 10.6 Å². The number of hydrogen-bond donors (Lipinski definition) is 3. The van der Waals surface area contributed by atoms with Crippen LogP contribution in [0, 0.1) is 5.41 Å². The zero-order valence-corrected chi connectivity index (χ0v) is 20.1. The molecule has 1 aliphatic carbocycles. The normalized spacial score (nSPS) is 15.8. The maximum atomic E-state index is 12.7. The monoisotopic (exact) mass is 511 g/mol. The number of aliphatic imine (C=N–C) groups is 1. The van der Waals surface area contributed by atoms with Crippen molar-refractivity contribution in [3.63, 3.8) is 0 Å². The van der Waals surface area contributed by atoms with Crippen molar-refractivity contribution < 1.29 is 4.79 Å². The number of nitrogens with one attached hydrogen (secondary N) is 3. The van der Waals surface area contributed by atoms with Crippen LogP contribution in [0.4, 0.5) is 0 Å². The number of amides is 1. The Kier molecular flexibility index (Phi) is 8.79. The van der Waals surface area contributed by atoms with Crippen LogP contribution >= 0.6 is 24.0 Å². The number of benzene rings is 1. The molecule has 2 aromatic rings. The summed E-state index contributed by atoms with van der Waals surface area (Å²) in [5.74, 6) is 1.00. The van der Waals surface area contributed by atoms with E-state index in [4.69, 9.17) is 0 Å². The van der Waals surface area contributed by atoms with Gasteiger partial charge in [0, 0.05) is 51.3 Å². The molecule has 0 spiro atoms. The van der Waals surface area contributed by atoms with Crippen molar-refractivity contribution in [2.24, 2.45) is 10.4 Å². The molecule has 1 aromatic heterocycles. The summed E-state index contributed by atoms with van der Waals surface area (Å²) in [6.45, 7) is 1.49. The lowest BCUT2D eigenvalue weighted by molar-refractivity contribution is -0.138. The Morgan fingerprint density at radius 3 is 2.62 bits per heavy atom. The van der Waals surface area contributed by atoms with Crippen LogP contribution in [0.15, 0.2) is 35.5 Å². The third-order valence-electron chi connectivity index (χ3n) is 5.83. The number of aryl methyl sites for hydroxylation is 1. The minimum absolute atomic E-state index is 0. The van der Waals surface area contributed by atoms with Gasteiger partial charge >= 0.3 is 0 Å². The van der Waals surface area contributed by atoms with Gasteiger partial charge in [0.1, 0.15) is 0 Å². The number of aromatic amines is 1. The zero-order chi connectivity index (χ0) is 20.0. The standard InChI is InChI=1S/C22H33N5O.HI/c1-23-21(26-16-22(12-6-7-13-22)20(28)27(2)3)24-14-8-9-17-15-25-19-11-5-4-10-18(17)19;/h4-5,10-11,15,25H,6-9,12-14,16H2,1-3H3,(H2,23,24,26);1H. The first-order valence-corrected chi connectivity index (χ1v) is 10.3. The lowest BCUT2D eigenvalue weighted by Gasteiger charge is -2.31. The quantitative estimate of drug-likeness (QED) is 0.231. The number of nitrogens with zero attached hydrogens (tertiary/aromatic N) is 2. The topological polar surface area (TPSA) is 72.5 Å². The second-order valence-corrected chi connectivity index (χ2v) is 8.00. The average molecular weight is 511 g/mol. The molecule has 6 nitrogen and oxygen atoms in total. The van der Waals surface area contributed by atoms with Gasteiger partial charge in [0.05, 0.1) is 5.41 Å². The number of rotatable bonds is 7. The van der Waals surface area contributed by atoms with Gasteiger partial charge in [-0.15, -0.1) is 24.0 Å². The summed E-state index contributed by atoms with van der Waals surface area (Å²) in [6.07, 6.45) is 8.29. The third-order valence-corrected chi connectivity index (χ3v) is 5.83. The molecule has 1 amide bonds. The van der Waals surface area contributed by atoms with E-state index >= 15 is 0 Å². The van der Waals surface area contributed by atoms with E-state index in [0.717, 1.165) is 51.0 Å². The highest BCUT2D eigenvalue weighted by atomic mass is 127. The molecule has 0 saturated heterocycles. The van der Waals surface area contributed by atoms with Crippen LogP contribution in [0.3, 0.4) is 0 Å². The number of hydrogen-bond acceptors (Lipinski definition) is 2. The van der Waals surface area contributed by atoms with Crippen LogP contribution in [0.25, 0.3) is 10.9 Å². The number of guanidine groups is 1. The second-order valence-electron chi connectivity index (χ2n) is 8.00. The first kappa shape index (κ1) is 23.5. The first-order valence-electron chi connectivity index (χ1n) is 10.3. The first-order chi connectivity index (χ1) is 13.6. The zero-order valence-electron chi connectivity index (χ0n) is 17.8. The van der Waals surface area contributed by atoms with Crippen molar-refractivity contribution in [1.29, 1.82) is 0 Å². The van der Waals surface area contributed by atoms with Crippen LogP contribution in [0.2, 0.25) is 0 Å². The van der Waals surface area contributed by atoms with Crippen molar-refractivity contribution in [1.82, 2.24) is 20.5 Å². The Morgan fingerprint density at radius 2 is 1.93 bits per heavy atom. The van der Waals surface area contributed by atoms with Gasteiger partial charge in [0.2, 0.25) is 5.91 Å². The SMILES string of the molecule is CN=C(NCCCc1c[nH]c2ccccc12)NCC1(C(=O)N(C)C)CCCC1.I. The minimum atomic E-state index is -0.287. The lowest BCUT2D eigenvalue weighted by atomic mass is 9.84. The Bertz CT molecular complexity index is 823. The van der Waals surface area contributed by atoms with Gasteiger partial charge in [-0.3, -0.25) is 9.79 Å². The Balaban J connectivity index is 0.00000300. The third kappa shape index (κ3) is 5.65. The number of carbonyl (C=O) groups excluding carboxylic acids is 1. The number of fused-ring (bicyclic) bond motifs is 1. The molecule has 0 atom stereocenters. The van der Waals surface area contributed by atoms with Gasteiger partial charge in [-0.05, 0) is 37.3 Å². The predicted molar refractivity (Wildman–Crippen MR) is 131 cm³/mol. The molecule has 7 heteroatoms. The maximum Gasteiger partial charge on any atom is 0.230 e. The molecule has 0 unspecified atom stereocenters. The molecule has 0 aliphatic heterocycles. The molecule has 1 fully saturated rings. The molecule has 0 radical (unpaired) electrons. The predicted octanol–water partition coefficient (Wildman–Crippen LogP) is 3.53. The van der Waals surface area contributed by atoms with Crippen molar-refractivity contribution in [2.75, 3.05) is 34.2 Å². The molecule has 160 valence electrons.